The van der Waals surface area contributed by atoms with E-state index in [1.165, 1.54) is 5.56 Å². The number of rotatable bonds is 4. The van der Waals surface area contributed by atoms with Crippen LogP contribution in [0.3, 0.4) is 0 Å². The molecule has 0 aromatic heterocycles. The van der Waals surface area contributed by atoms with E-state index in [-0.39, 0.29) is 0 Å². The minimum absolute atomic E-state index is 0.678. The Hall–Kier alpha value is 0.1000. The van der Waals surface area contributed by atoms with Crippen LogP contribution in [0.25, 0.3) is 0 Å². The van der Waals surface area contributed by atoms with Gasteiger partial charge < -0.3 is 4.84 Å². The van der Waals surface area contributed by atoms with Crippen molar-refractivity contribution in [2.45, 2.75) is 13.5 Å². The zero-order chi connectivity index (χ0) is 9.68. The van der Waals surface area contributed by atoms with Gasteiger partial charge in [-0.15, -0.1) is 0 Å². The van der Waals surface area contributed by atoms with Gasteiger partial charge in [-0.25, -0.2) is 0 Å². The molecule has 72 valence electrons. The summed E-state index contributed by atoms with van der Waals surface area (Å²) >= 11 is 6.85. The van der Waals surface area contributed by atoms with Crippen molar-refractivity contribution in [2.75, 3.05) is 6.61 Å². The van der Waals surface area contributed by atoms with E-state index in [0.717, 1.165) is 15.5 Å². The quantitative estimate of drug-likeness (QED) is 0.681. The molecular weight excluding hydrogens is 298 g/mol. The summed E-state index contributed by atoms with van der Waals surface area (Å²) in [5.74, 6) is 0. The van der Waals surface area contributed by atoms with Crippen LogP contribution in [0.4, 0.5) is 0 Å². The van der Waals surface area contributed by atoms with Crippen molar-refractivity contribution in [3.05, 3.63) is 32.7 Å². The molecule has 0 unspecified atom stereocenters. The third-order valence-corrected chi connectivity index (χ3v) is 3.39. The van der Waals surface area contributed by atoms with E-state index in [9.17, 15) is 0 Å². The summed E-state index contributed by atoms with van der Waals surface area (Å²) in [4.78, 5) is 5.03. The molecule has 0 bridgehead atoms. The fraction of sp³-hybridized carbons (Fsp3) is 0.333. The van der Waals surface area contributed by atoms with Gasteiger partial charge in [0.1, 0.15) is 0 Å². The van der Waals surface area contributed by atoms with Crippen LogP contribution in [0, 0.1) is 0 Å². The molecule has 0 aliphatic carbocycles. The van der Waals surface area contributed by atoms with Crippen LogP contribution < -0.4 is 5.48 Å². The van der Waals surface area contributed by atoms with Crippen molar-refractivity contribution in [1.82, 2.24) is 5.48 Å². The second-order valence-corrected chi connectivity index (χ2v) is 4.21. The van der Waals surface area contributed by atoms with Crippen molar-refractivity contribution in [1.29, 1.82) is 0 Å². The molecule has 13 heavy (non-hydrogen) atoms. The van der Waals surface area contributed by atoms with Gasteiger partial charge in [0.05, 0.1) is 6.61 Å². The van der Waals surface area contributed by atoms with E-state index < -0.39 is 0 Å². The predicted molar refractivity (Wildman–Crippen MR) is 60.3 cm³/mol. The summed E-state index contributed by atoms with van der Waals surface area (Å²) < 4.78 is 2.12. The Bertz CT molecular complexity index is 278. The van der Waals surface area contributed by atoms with Crippen molar-refractivity contribution in [2.24, 2.45) is 0 Å². The van der Waals surface area contributed by atoms with E-state index >= 15 is 0 Å². The Kier molecular flexibility index (Phi) is 4.94. The van der Waals surface area contributed by atoms with Crippen LogP contribution in [0.1, 0.15) is 12.5 Å². The Morgan fingerprint density at radius 2 is 2.08 bits per heavy atom. The number of hydrogen-bond acceptors (Lipinski definition) is 2. The first-order chi connectivity index (χ1) is 6.24. The van der Waals surface area contributed by atoms with Gasteiger partial charge in [0.2, 0.25) is 0 Å². The monoisotopic (exact) mass is 307 g/mol. The molecule has 1 rings (SSSR count). The summed E-state index contributed by atoms with van der Waals surface area (Å²) in [6.07, 6.45) is 0. The highest BCUT2D eigenvalue weighted by Gasteiger charge is 1.97. The fourth-order valence-corrected chi connectivity index (χ4v) is 1.56. The number of halogens is 2. The van der Waals surface area contributed by atoms with Gasteiger partial charge >= 0.3 is 0 Å². The molecule has 4 heteroatoms. The molecule has 0 saturated heterocycles. The first-order valence-corrected chi connectivity index (χ1v) is 5.61. The van der Waals surface area contributed by atoms with E-state index in [1.54, 1.807) is 0 Å². The second-order valence-electron chi connectivity index (χ2n) is 2.50. The average molecular weight is 309 g/mol. The molecule has 2 nitrogen and oxygen atoms in total. The van der Waals surface area contributed by atoms with Crippen LogP contribution in [0.15, 0.2) is 27.1 Å². The average Bonchev–Trinajstić information content (AvgIpc) is 2.12. The highest BCUT2D eigenvalue weighted by molar-refractivity contribution is 9.13. The van der Waals surface area contributed by atoms with Crippen LogP contribution in [-0.2, 0) is 11.4 Å². The molecular formula is C9H11Br2NO. The lowest BCUT2D eigenvalue weighted by molar-refractivity contribution is 0.0463. The topological polar surface area (TPSA) is 21.3 Å². The number of hydrogen-bond donors (Lipinski definition) is 1. The van der Waals surface area contributed by atoms with Gasteiger partial charge in [-0.05, 0) is 56.5 Å². The first-order valence-electron chi connectivity index (χ1n) is 4.02. The number of nitrogens with one attached hydrogen (secondary N) is 1. The van der Waals surface area contributed by atoms with Gasteiger partial charge in [0.15, 0.2) is 0 Å². The third-order valence-electron chi connectivity index (χ3n) is 1.51. The molecule has 0 amide bonds. The maximum atomic E-state index is 5.03. The van der Waals surface area contributed by atoms with E-state index in [2.05, 4.69) is 43.4 Å². The van der Waals surface area contributed by atoms with Crippen molar-refractivity contribution in [3.63, 3.8) is 0 Å². The lowest BCUT2D eigenvalue weighted by Crippen LogP contribution is -2.13. The Morgan fingerprint density at radius 3 is 2.69 bits per heavy atom. The molecule has 0 heterocycles. The molecule has 0 fully saturated rings. The van der Waals surface area contributed by atoms with Gasteiger partial charge in [-0.1, -0.05) is 6.07 Å². The summed E-state index contributed by atoms with van der Waals surface area (Å²) in [6, 6.07) is 6.10. The van der Waals surface area contributed by atoms with E-state index in [0.29, 0.717) is 6.61 Å². The maximum Gasteiger partial charge on any atom is 0.0654 e. The third kappa shape index (κ3) is 3.77. The van der Waals surface area contributed by atoms with Gasteiger partial charge in [0.25, 0.3) is 0 Å². The molecule has 1 N–H and O–H groups in total. The zero-order valence-electron chi connectivity index (χ0n) is 7.31. The Labute approximate surface area is 94.9 Å². The smallest absolute Gasteiger partial charge is 0.0654 e. The van der Waals surface area contributed by atoms with Crippen molar-refractivity contribution in [3.8, 4) is 0 Å². The Morgan fingerprint density at radius 1 is 1.31 bits per heavy atom. The first kappa shape index (κ1) is 11.2. The summed E-state index contributed by atoms with van der Waals surface area (Å²) in [6.45, 7) is 3.35. The predicted octanol–water partition coefficient (Wildman–Crippen LogP) is 3.25. The van der Waals surface area contributed by atoms with Crippen molar-refractivity contribution < 1.29 is 4.84 Å². The van der Waals surface area contributed by atoms with Crippen LogP contribution >= 0.6 is 31.9 Å². The minimum Gasteiger partial charge on any atom is -0.302 e. The van der Waals surface area contributed by atoms with Gasteiger partial charge in [-0.3, -0.25) is 0 Å². The molecule has 0 aliphatic rings. The van der Waals surface area contributed by atoms with Crippen molar-refractivity contribution >= 4 is 31.9 Å². The molecule has 0 aliphatic heterocycles. The van der Waals surface area contributed by atoms with Crippen LogP contribution in [0.2, 0.25) is 0 Å². The van der Waals surface area contributed by atoms with Crippen LogP contribution in [-0.4, -0.2) is 6.61 Å². The molecule has 1 aromatic rings. The molecule has 0 saturated carbocycles. The lowest BCUT2D eigenvalue weighted by atomic mass is 10.2. The SMILES string of the molecule is CCONCc1ccc(Br)c(Br)c1. The summed E-state index contributed by atoms with van der Waals surface area (Å²) in [5, 5.41) is 0. The maximum absolute atomic E-state index is 5.03. The van der Waals surface area contributed by atoms with Gasteiger partial charge in [0, 0.05) is 15.5 Å². The highest BCUT2D eigenvalue weighted by Crippen LogP contribution is 2.23. The van der Waals surface area contributed by atoms with Gasteiger partial charge in [-0.2, -0.15) is 5.48 Å². The molecule has 0 spiro atoms. The standard InChI is InChI=1S/C9H11Br2NO/c1-2-13-12-6-7-3-4-8(10)9(11)5-7/h3-5,12H,2,6H2,1H3. The Balaban J connectivity index is 2.53. The van der Waals surface area contributed by atoms with E-state index in [4.69, 9.17) is 4.84 Å². The summed E-state index contributed by atoms with van der Waals surface area (Å²) in [7, 11) is 0. The molecule has 1 aromatic carbocycles. The lowest BCUT2D eigenvalue weighted by Gasteiger charge is -2.04. The highest BCUT2D eigenvalue weighted by atomic mass is 79.9. The molecule has 0 atom stereocenters. The largest absolute Gasteiger partial charge is 0.302 e. The fourth-order valence-electron chi connectivity index (χ4n) is 0.886. The number of benzene rings is 1. The zero-order valence-corrected chi connectivity index (χ0v) is 10.5. The van der Waals surface area contributed by atoms with E-state index in [1.807, 2.05) is 19.1 Å². The normalized spacial score (nSPS) is 10.4. The van der Waals surface area contributed by atoms with Crippen LogP contribution in [0.5, 0.6) is 0 Å². The minimum atomic E-state index is 0.678. The summed E-state index contributed by atoms with van der Waals surface area (Å²) in [5.41, 5.74) is 4.05. The second kappa shape index (κ2) is 5.75. The number of hydroxylamine groups is 1. The molecule has 0 radical (unpaired) electrons.